The Balaban J connectivity index is 1.71. The maximum atomic E-state index is 12.1. The molecule has 0 radical (unpaired) electrons. The average molecular weight is 376 g/mol. The van der Waals surface area contributed by atoms with Crippen molar-refractivity contribution in [1.82, 2.24) is 0 Å². The SMILES string of the molecule is O=C(C=Cc1ccc(Br)s1)c1ccc(N2CCCC2=O)cc1. The van der Waals surface area contributed by atoms with E-state index in [0.29, 0.717) is 12.0 Å². The quantitative estimate of drug-likeness (QED) is 0.581. The van der Waals surface area contributed by atoms with Crippen molar-refractivity contribution < 1.29 is 9.59 Å². The smallest absolute Gasteiger partial charge is 0.227 e. The van der Waals surface area contributed by atoms with Crippen LogP contribution >= 0.6 is 27.3 Å². The third kappa shape index (κ3) is 3.36. The second kappa shape index (κ2) is 6.58. The number of nitrogens with zero attached hydrogens (tertiary/aromatic N) is 1. The Bertz CT molecular complexity index is 733. The number of rotatable bonds is 4. The van der Waals surface area contributed by atoms with Gasteiger partial charge in [-0.3, -0.25) is 9.59 Å². The first-order valence-electron chi connectivity index (χ1n) is 7.02. The van der Waals surface area contributed by atoms with Gasteiger partial charge in [-0.25, -0.2) is 0 Å². The highest BCUT2D eigenvalue weighted by molar-refractivity contribution is 9.11. The summed E-state index contributed by atoms with van der Waals surface area (Å²) in [7, 11) is 0. The number of carbonyl (C=O) groups is 2. The molecule has 22 heavy (non-hydrogen) atoms. The first-order valence-corrected chi connectivity index (χ1v) is 8.62. The van der Waals surface area contributed by atoms with Gasteiger partial charge in [-0.1, -0.05) is 0 Å². The zero-order valence-electron chi connectivity index (χ0n) is 11.8. The Hall–Kier alpha value is -1.72. The van der Waals surface area contributed by atoms with E-state index in [1.165, 1.54) is 0 Å². The molecule has 0 aliphatic carbocycles. The fourth-order valence-electron chi connectivity index (χ4n) is 2.40. The number of ketones is 1. The van der Waals surface area contributed by atoms with Gasteiger partial charge in [-0.2, -0.15) is 0 Å². The summed E-state index contributed by atoms with van der Waals surface area (Å²) >= 11 is 4.97. The fraction of sp³-hybridized carbons (Fsp3) is 0.176. The van der Waals surface area contributed by atoms with Crippen LogP contribution in [0.3, 0.4) is 0 Å². The molecule has 3 nitrogen and oxygen atoms in total. The maximum absolute atomic E-state index is 12.1. The average Bonchev–Trinajstić information content (AvgIpc) is 3.13. The molecule has 2 aromatic rings. The molecule has 5 heteroatoms. The molecule has 1 aromatic heterocycles. The van der Waals surface area contributed by atoms with Gasteiger partial charge in [0.25, 0.3) is 0 Å². The molecule has 3 rings (SSSR count). The number of carbonyl (C=O) groups excluding carboxylic acids is 2. The van der Waals surface area contributed by atoms with Crippen LogP contribution in [0, 0.1) is 0 Å². The standard InChI is InChI=1S/C17H14BrNO2S/c18-16-10-8-14(22-16)7-9-15(20)12-3-5-13(6-4-12)19-11-1-2-17(19)21/h3-10H,1-2,11H2. The Morgan fingerprint density at radius 2 is 1.95 bits per heavy atom. The van der Waals surface area contributed by atoms with Gasteiger partial charge >= 0.3 is 0 Å². The lowest BCUT2D eigenvalue weighted by atomic mass is 10.1. The van der Waals surface area contributed by atoms with Crippen LogP contribution in [-0.2, 0) is 4.79 Å². The predicted octanol–water partition coefficient (Wildman–Crippen LogP) is 4.53. The number of hydrogen-bond acceptors (Lipinski definition) is 3. The van der Waals surface area contributed by atoms with Crippen LogP contribution in [-0.4, -0.2) is 18.2 Å². The van der Waals surface area contributed by atoms with Gasteiger partial charge in [-0.15, -0.1) is 11.3 Å². The maximum Gasteiger partial charge on any atom is 0.227 e. The summed E-state index contributed by atoms with van der Waals surface area (Å²) in [4.78, 5) is 26.6. The molecule has 0 spiro atoms. The second-order valence-electron chi connectivity index (χ2n) is 5.04. The van der Waals surface area contributed by atoms with Gasteiger partial charge in [0.15, 0.2) is 5.78 Å². The molecule has 1 saturated heterocycles. The van der Waals surface area contributed by atoms with Gasteiger partial charge in [-0.05, 0) is 70.9 Å². The lowest BCUT2D eigenvalue weighted by Crippen LogP contribution is -2.23. The lowest BCUT2D eigenvalue weighted by molar-refractivity contribution is -0.117. The fourth-order valence-corrected chi connectivity index (χ4v) is 3.73. The van der Waals surface area contributed by atoms with E-state index in [1.54, 1.807) is 34.4 Å². The van der Waals surface area contributed by atoms with Crippen LogP contribution in [0.2, 0.25) is 0 Å². The van der Waals surface area contributed by atoms with E-state index in [0.717, 1.165) is 27.3 Å². The van der Waals surface area contributed by atoms with Crippen molar-refractivity contribution in [3.05, 3.63) is 56.7 Å². The van der Waals surface area contributed by atoms with E-state index in [1.807, 2.05) is 30.3 Å². The highest BCUT2D eigenvalue weighted by Gasteiger charge is 2.21. The van der Waals surface area contributed by atoms with E-state index >= 15 is 0 Å². The topological polar surface area (TPSA) is 37.4 Å². The molecule has 0 bridgehead atoms. The van der Waals surface area contributed by atoms with E-state index in [4.69, 9.17) is 0 Å². The van der Waals surface area contributed by atoms with Gasteiger partial charge < -0.3 is 4.90 Å². The minimum Gasteiger partial charge on any atom is -0.312 e. The summed E-state index contributed by atoms with van der Waals surface area (Å²) in [6.07, 6.45) is 4.91. The molecule has 0 N–H and O–H groups in total. The van der Waals surface area contributed by atoms with Crippen molar-refractivity contribution >= 4 is 50.7 Å². The summed E-state index contributed by atoms with van der Waals surface area (Å²) in [5.74, 6) is 0.117. The number of thiophene rings is 1. The molecule has 1 aromatic carbocycles. The lowest BCUT2D eigenvalue weighted by Gasteiger charge is -2.15. The number of amides is 1. The first-order chi connectivity index (χ1) is 10.6. The van der Waals surface area contributed by atoms with Crippen molar-refractivity contribution in [2.24, 2.45) is 0 Å². The second-order valence-corrected chi connectivity index (χ2v) is 7.53. The Kier molecular flexibility index (Phi) is 4.55. The van der Waals surface area contributed by atoms with Crippen LogP contribution in [0.5, 0.6) is 0 Å². The van der Waals surface area contributed by atoms with Gasteiger partial charge in [0.1, 0.15) is 0 Å². The zero-order chi connectivity index (χ0) is 15.5. The molecular formula is C17H14BrNO2S. The predicted molar refractivity (Wildman–Crippen MR) is 93.4 cm³/mol. The van der Waals surface area contributed by atoms with Gasteiger partial charge in [0, 0.05) is 29.1 Å². The summed E-state index contributed by atoms with van der Waals surface area (Å²) < 4.78 is 1.04. The largest absolute Gasteiger partial charge is 0.312 e. The molecule has 112 valence electrons. The minimum absolute atomic E-state index is 0.0381. The van der Waals surface area contributed by atoms with Crippen LogP contribution < -0.4 is 4.90 Å². The number of allylic oxidation sites excluding steroid dienone is 1. The Morgan fingerprint density at radius 1 is 1.18 bits per heavy atom. The third-order valence-corrected chi connectivity index (χ3v) is 5.12. The van der Waals surface area contributed by atoms with Gasteiger partial charge in [0.05, 0.1) is 3.79 Å². The van der Waals surface area contributed by atoms with Crippen molar-refractivity contribution in [2.75, 3.05) is 11.4 Å². The third-order valence-electron chi connectivity index (χ3n) is 3.53. The number of hydrogen-bond donors (Lipinski definition) is 0. The summed E-state index contributed by atoms with van der Waals surface area (Å²) in [5.41, 5.74) is 1.49. The van der Waals surface area contributed by atoms with Crippen LogP contribution in [0.4, 0.5) is 5.69 Å². The number of halogens is 1. The van der Waals surface area contributed by atoms with Crippen molar-refractivity contribution in [3.8, 4) is 0 Å². The number of anilines is 1. The highest BCUT2D eigenvalue weighted by Crippen LogP contribution is 2.24. The molecule has 0 atom stereocenters. The van der Waals surface area contributed by atoms with E-state index < -0.39 is 0 Å². The van der Waals surface area contributed by atoms with E-state index in [-0.39, 0.29) is 11.7 Å². The van der Waals surface area contributed by atoms with E-state index in [9.17, 15) is 9.59 Å². The summed E-state index contributed by atoms with van der Waals surface area (Å²) in [5, 5.41) is 0. The summed E-state index contributed by atoms with van der Waals surface area (Å²) in [6.45, 7) is 0.763. The molecule has 0 saturated carbocycles. The molecule has 0 unspecified atom stereocenters. The molecule has 2 heterocycles. The summed E-state index contributed by atoms with van der Waals surface area (Å²) in [6, 6.07) is 11.1. The van der Waals surface area contributed by atoms with Crippen molar-refractivity contribution in [1.29, 1.82) is 0 Å². The highest BCUT2D eigenvalue weighted by atomic mass is 79.9. The zero-order valence-corrected chi connectivity index (χ0v) is 14.2. The number of benzene rings is 1. The Labute approximate surface area is 141 Å². The minimum atomic E-state index is -0.0381. The molecular weight excluding hydrogens is 362 g/mol. The van der Waals surface area contributed by atoms with Gasteiger partial charge in [0.2, 0.25) is 5.91 Å². The molecule has 1 aliphatic heterocycles. The van der Waals surface area contributed by atoms with E-state index in [2.05, 4.69) is 15.9 Å². The Morgan fingerprint density at radius 3 is 2.55 bits per heavy atom. The van der Waals surface area contributed by atoms with Crippen LogP contribution in [0.25, 0.3) is 6.08 Å². The van der Waals surface area contributed by atoms with Crippen LogP contribution in [0.15, 0.2) is 46.3 Å². The van der Waals surface area contributed by atoms with Crippen molar-refractivity contribution in [2.45, 2.75) is 12.8 Å². The van der Waals surface area contributed by atoms with Crippen molar-refractivity contribution in [3.63, 3.8) is 0 Å². The first kappa shape index (κ1) is 15.2. The molecule has 1 amide bonds. The molecule has 1 aliphatic rings. The molecule has 1 fully saturated rings. The monoisotopic (exact) mass is 375 g/mol. The van der Waals surface area contributed by atoms with Crippen LogP contribution in [0.1, 0.15) is 28.1 Å². The normalized spacial score (nSPS) is 15.0.